The van der Waals surface area contributed by atoms with Crippen LogP contribution in [0.1, 0.15) is 123 Å². The second-order valence-corrected chi connectivity index (χ2v) is 37.6. The third kappa shape index (κ3) is 11.9. The van der Waals surface area contributed by atoms with Crippen LogP contribution in [0, 0.1) is 11.8 Å². The predicted octanol–water partition coefficient (Wildman–Crippen LogP) is 11.5. The normalized spacial score (nSPS) is 29.8. The van der Waals surface area contributed by atoms with Crippen LogP contribution in [0.5, 0.6) is 0 Å². The summed E-state index contributed by atoms with van der Waals surface area (Å²) < 4.78 is 49.9. The van der Waals surface area contributed by atoms with E-state index < -0.39 is 51.3 Å². The Morgan fingerprint density at radius 1 is 0.741 bits per heavy atom. The van der Waals surface area contributed by atoms with Crippen molar-refractivity contribution in [1.29, 1.82) is 0 Å². The second kappa shape index (κ2) is 21.7. The van der Waals surface area contributed by atoms with E-state index in [1.54, 1.807) is 7.11 Å². The van der Waals surface area contributed by atoms with E-state index in [1.807, 2.05) is 0 Å². The maximum atomic E-state index is 11.5. The molecule has 0 saturated carbocycles. The van der Waals surface area contributed by atoms with Gasteiger partial charge in [-0.15, -0.1) is 0 Å². The lowest BCUT2D eigenvalue weighted by atomic mass is 9.80. The van der Waals surface area contributed by atoms with Crippen LogP contribution in [0.15, 0.2) is 0 Å². The molecule has 0 amide bonds. The van der Waals surface area contributed by atoms with Crippen LogP contribution < -0.4 is 0 Å². The predicted molar refractivity (Wildman–Crippen MR) is 237 cm³/mol. The van der Waals surface area contributed by atoms with E-state index in [0.29, 0.717) is 6.42 Å². The van der Waals surface area contributed by atoms with Crippen LogP contribution in [-0.2, 0) is 31.9 Å². The smallest absolute Gasteiger partial charge is 0.198 e. The first-order valence-corrected chi connectivity index (χ1v) is 33.0. The molecule has 0 aromatic carbocycles. The molecule has 322 valence electrons. The van der Waals surface area contributed by atoms with Crippen LogP contribution in [0.2, 0.25) is 72.5 Å². The number of ether oxygens (including phenoxy) is 3. The molecule has 9 atom stereocenters. The lowest BCUT2D eigenvalue weighted by molar-refractivity contribution is -0.350. The fourth-order valence-corrected chi connectivity index (χ4v) is 18.8. The van der Waals surface area contributed by atoms with E-state index in [1.165, 1.54) is 18.1 Å². The summed E-state index contributed by atoms with van der Waals surface area (Å²) in [5.41, 5.74) is 0. The Hall–Kier alpha value is 0.548. The average Bonchev–Trinajstić information content (AvgIpc) is 3.16. The van der Waals surface area contributed by atoms with Gasteiger partial charge in [-0.05, 0) is 91.8 Å². The van der Waals surface area contributed by atoms with Crippen molar-refractivity contribution in [2.24, 2.45) is 11.8 Å². The van der Waals surface area contributed by atoms with Gasteiger partial charge < -0.3 is 37.0 Å². The van der Waals surface area contributed by atoms with Crippen LogP contribution >= 0.6 is 0 Å². The van der Waals surface area contributed by atoms with Crippen molar-refractivity contribution >= 4 is 33.3 Å². The van der Waals surface area contributed by atoms with Crippen molar-refractivity contribution in [3.63, 3.8) is 0 Å². The van der Waals surface area contributed by atoms with E-state index in [9.17, 15) is 5.11 Å². The van der Waals surface area contributed by atoms with Crippen molar-refractivity contribution in [2.45, 2.75) is 238 Å². The number of rotatable bonds is 24. The topological polar surface area (TPSA) is 84.8 Å². The molecule has 0 bridgehead atoms. The lowest BCUT2D eigenvalue weighted by Gasteiger charge is -2.56. The van der Waals surface area contributed by atoms with Gasteiger partial charge in [0.05, 0.1) is 31.0 Å². The summed E-state index contributed by atoms with van der Waals surface area (Å²) in [4.78, 5) is 0. The van der Waals surface area contributed by atoms with Crippen LogP contribution in [-0.4, -0.2) is 101 Å². The van der Waals surface area contributed by atoms with Crippen molar-refractivity contribution in [3.05, 3.63) is 0 Å². The molecule has 0 spiro atoms. The molecule has 8 nitrogen and oxygen atoms in total. The Morgan fingerprint density at radius 3 is 1.72 bits per heavy atom. The van der Waals surface area contributed by atoms with Crippen LogP contribution in [0.3, 0.4) is 0 Å². The fourth-order valence-electron chi connectivity index (χ4n) is 8.87. The Balaban J connectivity index is 2.67. The number of aliphatic hydroxyl groups is 1. The van der Waals surface area contributed by atoms with Gasteiger partial charge in [-0.2, -0.15) is 0 Å². The summed E-state index contributed by atoms with van der Waals surface area (Å²) in [5, 5.41) is 11.6. The number of hydrogen-bond donors (Lipinski definition) is 1. The van der Waals surface area contributed by atoms with Gasteiger partial charge in [-0.3, -0.25) is 0 Å². The van der Waals surface area contributed by atoms with E-state index in [-0.39, 0.29) is 47.9 Å². The van der Waals surface area contributed by atoms with Gasteiger partial charge in [0.25, 0.3) is 0 Å². The largest absolute Gasteiger partial charge is 0.417 e. The van der Waals surface area contributed by atoms with Crippen molar-refractivity contribution in [1.82, 2.24) is 0 Å². The highest BCUT2D eigenvalue weighted by atomic mass is 28.4. The van der Waals surface area contributed by atoms with Crippen molar-refractivity contribution in [2.75, 3.05) is 20.3 Å². The van der Waals surface area contributed by atoms with Crippen LogP contribution in [0.4, 0.5) is 0 Å². The molecule has 2 rings (SSSR count). The van der Waals surface area contributed by atoms with Gasteiger partial charge in [0.15, 0.2) is 39.1 Å². The molecule has 2 fully saturated rings. The Labute approximate surface area is 338 Å². The quantitative estimate of drug-likeness (QED) is 0.0760. The minimum Gasteiger partial charge on any atom is -0.417 e. The summed E-state index contributed by atoms with van der Waals surface area (Å²) >= 11 is 0. The van der Waals surface area contributed by atoms with Crippen molar-refractivity contribution in [3.8, 4) is 0 Å². The zero-order valence-electron chi connectivity index (χ0n) is 38.5. The van der Waals surface area contributed by atoms with Gasteiger partial charge in [0.2, 0.25) is 0 Å². The molecular formula is C42H90O8Si4. The lowest BCUT2D eigenvalue weighted by Crippen LogP contribution is -2.68. The third-order valence-corrected chi connectivity index (χ3v) is 33.5. The Kier molecular flexibility index (Phi) is 20.4. The number of hydrogen-bond acceptors (Lipinski definition) is 8. The molecule has 2 aliphatic heterocycles. The van der Waals surface area contributed by atoms with Gasteiger partial charge in [0, 0.05) is 32.0 Å². The molecule has 0 unspecified atom stereocenters. The minimum absolute atomic E-state index is 0.0579. The van der Waals surface area contributed by atoms with Gasteiger partial charge in [-0.25, -0.2) is 0 Å². The van der Waals surface area contributed by atoms with Crippen LogP contribution in [0.25, 0.3) is 0 Å². The fraction of sp³-hybridized carbons (Fsp3) is 1.00. The van der Waals surface area contributed by atoms with E-state index in [2.05, 4.69) is 110 Å². The number of unbranched alkanes of at least 4 members (excludes halogenated alkanes) is 1. The highest BCUT2D eigenvalue weighted by Crippen LogP contribution is 2.48. The maximum absolute atomic E-state index is 11.5. The monoisotopic (exact) mass is 835 g/mol. The zero-order chi connectivity index (χ0) is 41.2. The Bertz CT molecular complexity index is 1040. The molecular weight excluding hydrogens is 745 g/mol. The van der Waals surface area contributed by atoms with Gasteiger partial charge >= 0.3 is 0 Å². The molecule has 0 aromatic rings. The molecule has 0 aliphatic carbocycles. The summed E-state index contributed by atoms with van der Waals surface area (Å²) in [5.74, 6) is -1.04. The highest BCUT2D eigenvalue weighted by molar-refractivity contribution is 6.75. The molecule has 2 saturated heterocycles. The van der Waals surface area contributed by atoms with E-state index in [0.717, 1.165) is 62.1 Å². The minimum atomic E-state index is -2.23. The zero-order valence-corrected chi connectivity index (χ0v) is 42.5. The van der Waals surface area contributed by atoms with Gasteiger partial charge in [-0.1, -0.05) is 96.9 Å². The number of aliphatic hydroxyl groups excluding tert-OH is 1. The Morgan fingerprint density at radius 2 is 1.26 bits per heavy atom. The first kappa shape index (κ1) is 50.7. The SMILES string of the molecule is CC[Si](CC)(CC)OCCCC[C@H]1O[C@@](OC)([C@@H](O[Si](CC)(CC)CC)[C@@H]2OC[C@H](O)[C@H](O[Si](CC)(CC)CC)[C@H]2C)C[C@H](O[Si](C)(C)C(C)(C)C)[C@H]1C. The molecule has 1 N–H and O–H groups in total. The third-order valence-electron chi connectivity index (χ3n) is 15.1. The molecule has 0 radical (unpaired) electrons. The standard InChI is InChI=1S/C42H90O8Si4/c1-18-52(19-2,20-3)46-30-28-27-29-36-33(10)37(48-51(16,17)41(12,13)14)31-42(44-15,47-36)40(50-54(24-7,25-8)26-9)39-34(11)38(35(43)32-45-39)49-53(21-4,22-5)23-6/h33-40,43H,18-32H2,1-17H3/t33-,34+,35-,36+,37-,38+,39+,40-,42+/m0/s1. The molecule has 0 aromatic heterocycles. The molecule has 2 heterocycles. The maximum Gasteiger partial charge on any atom is 0.198 e. The van der Waals surface area contributed by atoms with E-state index >= 15 is 0 Å². The van der Waals surface area contributed by atoms with Crippen molar-refractivity contribution < 1.29 is 37.0 Å². The summed E-state index contributed by atoms with van der Waals surface area (Å²) in [6, 6.07) is 9.60. The molecule has 12 heteroatoms. The highest BCUT2D eigenvalue weighted by Gasteiger charge is 2.59. The van der Waals surface area contributed by atoms with E-state index in [4.69, 9.17) is 31.9 Å². The first-order valence-electron chi connectivity index (χ1n) is 22.5. The second-order valence-electron chi connectivity index (χ2n) is 18.6. The van der Waals surface area contributed by atoms with Gasteiger partial charge in [0.1, 0.15) is 12.2 Å². The average molecular weight is 836 g/mol. The molecule has 2 aliphatic rings. The number of methoxy groups -OCH3 is 1. The first-order chi connectivity index (χ1) is 25.3. The summed E-state index contributed by atoms with van der Waals surface area (Å²) in [6.45, 7) is 37.8. The summed E-state index contributed by atoms with van der Waals surface area (Å²) in [7, 11) is -6.27. The summed E-state index contributed by atoms with van der Waals surface area (Å²) in [6.07, 6.45) is 1.46. The molecule has 54 heavy (non-hydrogen) atoms.